The van der Waals surface area contributed by atoms with Crippen LogP contribution in [-0.4, -0.2) is 50.1 Å². The standard InChI is InChI=1S/C21H25N3O3/c1-16(25)22-18-8-10-19(11-9-18)23-12-14-24(15-13-23)20(21(26)27-2)17-6-4-3-5-7-17/h3-11,20H,12-15H2,1-2H3,(H,22,25). The number of esters is 1. The molecule has 6 nitrogen and oxygen atoms in total. The molecule has 1 unspecified atom stereocenters. The van der Waals surface area contributed by atoms with E-state index in [-0.39, 0.29) is 17.9 Å². The van der Waals surface area contributed by atoms with Gasteiger partial charge in [-0.2, -0.15) is 0 Å². The fourth-order valence-electron chi connectivity index (χ4n) is 3.44. The summed E-state index contributed by atoms with van der Waals surface area (Å²) in [7, 11) is 1.44. The van der Waals surface area contributed by atoms with Gasteiger partial charge >= 0.3 is 5.97 Å². The highest BCUT2D eigenvalue weighted by Gasteiger charge is 2.31. The minimum atomic E-state index is -0.375. The second-order valence-electron chi connectivity index (χ2n) is 6.59. The van der Waals surface area contributed by atoms with E-state index in [9.17, 15) is 9.59 Å². The van der Waals surface area contributed by atoms with Gasteiger partial charge in [-0.3, -0.25) is 9.69 Å². The maximum Gasteiger partial charge on any atom is 0.327 e. The molecule has 0 saturated carbocycles. The van der Waals surface area contributed by atoms with Gasteiger partial charge < -0.3 is 15.0 Å². The number of carbonyl (C=O) groups excluding carboxylic acids is 2. The monoisotopic (exact) mass is 367 g/mol. The van der Waals surface area contributed by atoms with E-state index in [2.05, 4.69) is 15.1 Å². The lowest BCUT2D eigenvalue weighted by Crippen LogP contribution is -2.49. The number of benzene rings is 2. The first-order chi connectivity index (χ1) is 13.1. The summed E-state index contributed by atoms with van der Waals surface area (Å²) in [6.07, 6.45) is 0. The first kappa shape index (κ1) is 18.9. The van der Waals surface area contributed by atoms with E-state index in [4.69, 9.17) is 4.74 Å². The van der Waals surface area contributed by atoms with Gasteiger partial charge in [0.1, 0.15) is 6.04 Å². The molecular formula is C21H25N3O3. The van der Waals surface area contributed by atoms with Crippen LogP contribution < -0.4 is 10.2 Å². The Bertz CT molecular complexity index is 769. The molecule has 3 rings (SSSR count). The Labute approximate surface area is 159 Å². The highest BCUT2D eigenvalue weighted by molar-refractivity contribution is 5.88. The van der Waals surface area contributed by atoms with E-state index in [0.717, 1.165) is 43.1 Å². The number of methoxy groups -OCH3 is 1. The molecule has 2 aromatic carbocycles. The average Bonchev–Trinajstić information content (AvgIpc) is 2.69. The summed E-state index contributed by atoms with van der Waals surface area (Å²) >= 11 is 0. The molecule has 1 aliphatic rings. The fraction of sp³-hybridized carbons (Fsp3) is 0.333. The van der Waals surface area contributed by atoms with Crippen LogP contribution in [0.25, 0.3) is 0 Å². The molecule has 2 aromatic rings. The number of ether oxygens (including phenoxy) is 1. The molecular weight excluding hydrogens is 342 g/mol. The van der Waals surface area contributed by atoms with Crippen molar-refractivity contribution >= 4 is 23.3 Å². The molecule has 0 spiro atoms. The second kappa shape index (κ2) is 8.68. The fourth-order valence-corrected chi connectivity index (χ4v) is 3.44. The number of carbonyl (C=O) groups is 2. The van der Waals surface area contributed by atoms with Gasteiger partial charge in [0.05, 0.1) is 7.11 Å². The lowest BCUT2D eigenvalue weighted by Gasteiger charge is -2.39. The molecule has 1 atom stereocenters. The van der Waals surface area contributed by atoms with Crippen LogP contribution in [0.4, 0.5) is 11.4 Å². The van der Waals surface area contributed by atoms with E-state index < -0.39 is 0 Å². The SMILES string of the molecule is COC(=O)C(c1ccccc1)N1CCN(c2ccc(NC(C)=O)cc2)CC1. The molecule has 1 heterocycles. The van der Waals surface area contributed by atoms with E-state index in [1.165, 1.54) is 14.0 Å². The molecule has 1 aliphatic heterocycles. The van der Waals surface area contributed by atoms with Crippen molar-refractivity contribution in [2.24, 2.45) is 0 Å². The maximum atomic E-state index is 12.4. The lowest BCUT2D eigenvalue weighted by atomic mass is 10.0. The normalized spacial score (nSPS) is 15.9. The molecule has 142 valence electrons. The van der Waals surface area contributed by atoms with Crippen molar-refractivity contribution in [3.63, 3.8) is 0 Å². The van der Waals surface area contributed by atoms with Crippen molar-refractivity contribution in [1.82, 2.24) is 4.90 Å². The quantitative estimate of drug-likeness (QED) is 0.824. The Morgan fingerprint density at radius 1 is 0.963 bits per heavy atom. The maximum absolute atomic E-state index is 12.4. The number of nitrogens with one attached hydrogen (secondary N) is 1. The van der Waals surface area contributed by atoms with Crippen LogP contribution >= 0.6 is 0 Å². The lowest BCUT2D eigenvalue weighted by molar-refractivity contribution is -0.147. The molecule has 0 bridgehead atoms. The van der Waals surface area contributed by atoms with Crippen LogP contribution in [0.1, 0.15) is 18.5 Å². The van der Waals surface area contributed by atoms with E-state index in [1.54, 1.807) is 0 Å². The van der Waals surface area contributed by atoms with E-state index in [1.807, 2.05) is 54.6 Å². The molecule has 0 aromatic heterocycles. The van der Waals surface area contributed by atoms with Crippen LogP contribution in [0.2, 0.25) is 0 Å². The van der Waals surface area contributed by atoms with Gasteiger partial charge in [-0.05, 0) is 29.8 Å². The van der Waals surface area contributed by atoms with Crippen molar-refractivity contribution in [2.45, 2.75) is 13.0 Å². The Kier molecular flexibility index (Phi) is 6.08. The van der Waals surface area contributed by atoms with Gasteiger partial charge in [-0.1, -0.05) is 30.3 Å². The van der Waals surface area contributed by atoms with Crippen LogP contribution in [-0.2, 0) is 14.3 Å². The number of anilines is 2. The largest absolute Gasteiger partial charge is 0.468 e. The predicted octanol–water partition coefficient (Wildman–Crippen LogP) is 2.68. The Balaban J connectivity index is 1.66. The smallest absolute Gasteiger partial charge is 0.327 e. The second-order valence-corrected chi connectivity index (χ2v) is 6.59. The van der Waals surface area contributed by atoms with Gasteiger partial charge in [0.15, 0.2) is 0 Å². The minimum Gasteiger partial charge on any atom is -0.468 e. The van der Waals surface area contributed by atoms with Crippen LogP contribution in [0.3, 0.4) is 0 Å². The van der Waals surface area contributed by atoms with Gasteiger partial charge in [-0.15, -0.1) is 0 Å². The first-order valence-corrected chi connectivity index (χ1v) is 9.08. The van der Waals surface area contributed by atoms with Crippen molar-refractivity contribution in [1.29, 1.82) is 0 Å². The zero-order chi connectivity index (χ0) is 19.2. The number of piperazine rings is 1. The Morgan fingerprint density at radius 3 is 2.15 bits per heavy atom. The van der Waals surface area contributed by atoms with Gasteiger partial charge in [0.25, 0.3) is 0 Å². The minimum absolute atomic E-state index is 0.0777. The van der Waals surface area contributed by atoms with E-state index in [0.29, 0.717) is 0 Å². The summed E-state index contributed by atoms with van der Waals surface area (Å²) in [4.78, 5) is 28.0. The summed E-state index contributed by atoms with van der Waals surface area (Å²) in [5.41, 5.74) is 2.86. The highest BCUT2D eigenvalue weighted by atomic mass is 16.5. The Morgan fingerprint density at radius 2 is 1.59 bits per heavy atom. The number of nitrogens with zero attached hydrogens (tertiary/aromatic N) is 2. The predicted molar refractivity (Wildman–Crippen MR) is 106 cm³/mol. The number of hydrogen-bond acceptors (Lipinski definition) is 5. The molecule has 1 saturated heterocycles. The van der Waals surface area contributed by atoms with Crippen LogP contribution in [0.15, 0.2) is 54.6 Å². The first-order valence-electron chi connectivity index (χ1n) is 9.08. The van der Waals surface area contributed by atoms with Crippen molar-refractivity contribution in [3.05, 3.63) is 60.2 Å². The third kappa shape index (κ3) is 4.65. The Hall–Kier alpha value is -2.86. The van der Waals surface area contributed by atoms with Crippen LogP contribution in [0, 0.1) is 0 Å². The van der Waals surface area contributed by atoms with Crippen molar-refractivity contribution in [3.8, 4) is 0 Å². The number of rotatable bonds is 5. The van der Waals surface area contributed by atoms with Crippen molar-refractivity contribution < 1.29 is 14.3 Å². The molecule has 1 N–H and O–H groups in total. The molecule has 1 amide bonds. The zero-order valence-electron chi connectivity index (χ0n) is 15.7. The van der Waals surface area contributed by atoms with Gasteiger partial charge in [0.2, 0.25) is 5.91 Å². The molecule has 1 fully saturated rings. The van der Waals surface area contributed by atoms with E-state index >= 15 is 0 Å². The summed E-state index contributed by atoms with van der Waals surface area (Å²) < 4.78 is 5.05. The highest BCUT2D eigenvalue weighted by Crippen LogP contribution is 2.26. The summed E-state index contributed by atoms with van der Waals surface area (Å²) in [6, 6.07) is 17.2. The topological polar surface area (TPSA) is 61.9 Å². The molecule has 0 radical (unpaired) electrons. The molecule has 0 aliphatic carbocycles. The third-order valence-corrected chi connectivity index (χ3v) is 4.77. The average molecular weight is 367 g/mol. The zero-order valence-corrected chi connectivity index (χ0v) is 15.7. The summed E-state index contributed by atoms with van der Waals surface area (Å²) in [6.45, 7) is 4.67. The summed E-state index contributed by atoms with van der Waals surface area (Å²) in [5, 5.41) is 2.78. The van der Waals surface area contributed by atoms with Crippen LogP contribution in [0.5, 0.6) is 0 Å². The molecule has 6 heteroatoms. The van der Waals surface area contributed by atoms with Gasteiger partial charge in [-0.25, -0.2) is 4.79 Å². The summed E-state index contributed by atoms with van der Waals surface area (Å²) in [5.74, 6) is -0.305. The third-order valence-electron chi connectivity index (χ3n) is 4.77. The van der Waals surface area contributed by atoms with Gasteiger partial charge in [0, 0.05) is 44.5 Å². The number of amides is 1. The van der Waals surface area contributed by atoms with Crippen molar-refractivity contribution in [2.75, 3.05) is 43.5 Å². The number of hydrogen-bond donors (Lipinski definition) is 1. The molecule has 27 heavy (non-hydrogen) atoms.